The number of carbonyl (C=O) groups is 1. The third kappa shape index (κ3) is 3.55. The van der Waals surface area contributed by atoms with E-state index in [1.807, 2.05) is 23.1 Å². The van der Waals surface area contributed by atoms with Crippen molar-refractivity contribution in [2.45, 2.75) is 32.3 Å². The van der Waals surface area contributed by atoms with Gasteiger partial charge >= 0.3 is 0 Å². The lowest BCUT2D eigenvalue weighted by Crippen LogP contribution is -2.43. The van der Waals surface area contributed by atoms with Gasteiger partial charge in [-0.05, 0) is 67.0 Å². The summed E-state index contributed by atoms with van der Waals surface area (Å²) in [6, 6.07) is 5.59. The quantitative estimate of drug-likeness (QED) is 0.664. The molecule has 0 saturated carbocycles. The summed E-state index contributed by atoms with van der Waals surface area (Å²) in [5.41, 5.74) is 0.697. The first-order valence-electron chi connectivity index (χ1n) is 7.76. The van der Waals surface area contributed by atoms with E-state index in [1.54, 1.807) is 13.1 Å². The Balaban J connectivity index is 1.87. The van der Waals surface area contributed by atoms with Crippen LogP contribution >= 0.6 is 34.2 Å². The monoisotopic (exact) mass is 444 g/mol. The van der Waals surface area contributed by atoms with Crippen LogP contribution < -0.4 is 4.74 Å². The van der Waals surface area contributed by atoms with E-state index in [2.05, 4.69) is 27.6 Å². The number of pyridine rings is 1. The molecule has 3 rings (SSSR count). The molecule has 0 aliphatic carbocycles. The summed E-state index contributed by atoms with van der Waals surface area (Å²) in [6.45, 7) is 3.45. The minimum atomic E-state index is -0.534. The Bertz CT molecular complexity index is 732. The molecule has 23 heavy (non-hydrogen) atoms. The summed E-state index contributed by atoms with van der Waals surface area (Å²) in [4.78, 5) is 18.9. The third-order valence-electron chi connectivity index (χ3n) is 4.06. The second-order valence-electron chi connectivity index (χ2n) is 5.71. The minimum absolute atomic E-state index is 0.0412. The molecular formula is C17H18ClIN2O2. The zero-order chi connectivity index (χ0) is 16.4. The molecule has 1 atom stereocenters. The highest BCUT2D eigenvalue weighted by Gasteiger charge is 2.25. The predicted octanol–water partition coefficient (Wildman–Crippen LogP) is 4.27. The van der Waals surface area contributed by atoms with E-state index in [0.717, 1.165) is 34.9 Å². The molecule has 1 aliphatic rings. The number of hydrogen-bond acceptors (Lipinski definition) is 3. The smallest absolute Gasteiger partial charge is 0.263 e. The number of hydrogen-bond donors (Lipinski definition) is 0. The molecule has 0 N–H and O–H groups in total. The number of nitrogens with zero attached hydrogens (tertiary/aromatic N) is 2. The van der Waals surface area contributed by atoms with Gasteiger partial charge in [-0.1, -0.05) is 11.6 Å². The van der Waals surface area contributed by atoms with Gasteiger partial charge < -0.3 is 9.64 Å². The fraction of sp³-hybridized carbons (Fsp3) is 0.412. The molecule has 2 heterocycles. The second-order valence-corrected chi connectivity index (χ2v) is 7.28. The van der Waals surface area contributed by atoms with Crippen LogP contribution in [0.15, 0.2) is 24.4 Å². The fourth-order valence-electron chi connectivity index (χ4n) is 2.86. The molecule has 0 bridgehead atoms. The van der Waals surface area contributed by atoms with Gasteiger partial charge in [0.2, 0.25) is 0 Å². The highest BCUT2D eigenvalue weighted by atomic mass is 127. The van der Waals surface area contributed by atoms with Crippen molar-refractivity contribution in [2.75, 3.05) is 13.1 Å². The van der Waals surface area contributed by atoms with Crippen molar-refractivity contribution in [3.63, 3.8) is 0 Å². The Kier molecular flexibility index (Phi) is 5.26. The number of fused-ring (bicyclic) bond motifs is 1. The Morgan fingerprint density at radius 1 is 1.39 bits per heavy atom. The lowest BCUT2D eigenvalue weighted by molar-refractivity contribution is -0.138. The van der Waals surface area contributed by atoms with Crippen LogP contribution in [0.25, 0.3) is 10.9 Å². The molecule has 0 unspecified atom stereocenters. The molecule has 1 saturated heterocycles. The fourth-order valence-corrected chi connectivity index (χ4v) is 4.00. The number of amides is 1. The molecular weight excluding hydrogens is 427 g/mol. The van der Waals surface area contributed by atoms with Crippen molar-refractivity contribution in [1.82, 2.24) is 9.88 Å². The van der Waals surface area contributed by atoms with E-state index < -0.39 is 6.10 Å². The van der Waals surface area contributed by atoms with Gasteiger partial charge in [-0.2, -0.15) is 0 Å². The Hall–Kier alpha value is -1.08. The molecule has 1 aliphatic heterocycles. The van der Waals surface area contributed by atoms with Gasteiger partial charge in [0.1, 0.15) is 5.52 Å². The van der Waals surface area contributed by atoms with Crippen molar-refractivity contribution in [3.05, 3.63) is 33.0 Å². The summed E-state index contributed by atoms with van der Waals surface area (Å²) in [5.74, 6) is 0.669. The summed E-state index contributed by atoms with van der Waals surface area (Å²) < 4.78 is 6.87. The maximum atomic E-state index is 12.6. The van der Waals surface area contributed by atoms with E-state index in [4.69, 9.17) is 16.3 Å². The lowest BCUT2D eigenvalue weighted by Gasteiger charge is -2.29. The summed E-state index contributed by atoms with van der Waals surface area (Å²) in [7, 11) is 0. The Labute approximate surface area is 154 Å². The summed E-state index contributed by atoms with van der Waals surface area (Å²) in [5, 5.41) is 1.47. The number of piperidine rings is 1. The molecule has 0 radical (unpaired) electrons. The van der Waals surface area contributed by atoms with Crippen LogP contribution in [-0.2, 0) is 4.79 Å². The van der Waals surface area contributed by atoms with Crippen molar-refractivity contribution in [3.8, 4) is 5.75 Å². The standard InChI is InChI=1S/C17H18ClIN2O2/c1-11(17(22)21-8-3-2-4-9-21)23-16-14(19)10-13(18)12-6-5-7-20-15(12)16/h5-7,10-11H,2-4,8-9H2,1H3/t11-/m0/s1. The van der Waals surface area contributed by atoms with Crippen LogP contribution in [0.2, 0.25) is 5.02 Å². The van der Waals surface area contributed by atoms with E-state index in [-0.39, 0.29) is 5.91 Å². The SMILES string of the molecule is C[C@H](Oc1c(I)cc(Cl)c2cccnc12)C(=O)N1CCCCC1. The number of halogens is 2. The highest BCUT2D eigenvalue weighted by molar-refractivity contribution is 14.1. The summed E-state index contributed by atoms with van der Waals surface area (Å²) in [6.07, 6.45) is 4.51. The van der Waals surface area contributed by atoms with Gasteiger partial charge in [0.05, 0.1) is 8.59 Å². The normalized spacial score (nSPS) is 16.4. The first-order valence-corrected chi connectivity index (χ1v) is 9.22. The maximum absolute atomic E-state index is 12.6. The zero-order valence-electron chi connectivity index (χ0n) is 12.9. The number of rotatable bonds is 3. The van der Waals surface area contributed by atoms with Crippen LogP contribution in [0.4, 0.5) is 0 Å². The molecule has 1 aromatic heterocycles. The van der Waals surface area contributed by atoms with Crippen LogP contribution in [0.1, 0.15) is 26.2 Å². The molecule has 2 aromatic rings. The van der Waals surface area contributed by atoms with Gasteiger partial charge in [0, 0.05) is 24.7 Å². The van der Waals surface area contributed by atoms with Crippen LogP contribution in [-0.4, -0.2) is 35.0 Å². The predicted molar refractivity (Wildman–Crippen MR) is 100.0 cm³/mol. The number of ether oxygens (including phenoxy) is 1. The van der Waals surface area contributed by atoms with Gasteiger partial charge in [0.15, 0.2) is 11.9 Å². The van der Waals surface area contributed by atoms with Gasteiger partial charge in [-0.25, -0.2) is 0 Å². The van der Waals surface area contributed by atoms with E-state index in [1.165, 1.54) is 6.42 Å². The Morgan fingerprint density at radius 3 is 2.87 bits per heavy atom. The number of carbonyl (C=O) groups excluding carboxylic acids is 1. The first kappa shape index (κ1) is 16.8. The van der Waals surface area contributed by atoms with Crippen molar-refractivity contribution in [2.24, 2.45) is 0 Å². The molecule has 1 aromatic carbocycles. The van der Waals surface area contributed by atoms with Crippen molar-refractivity contribution in [1.29, 1.82) is 0 Å². The highest BCUT2D eigenvalue weighted by Crippen LogP contribution is 2.35. The van der Waals surface area contributed by atoms with E-state index >= 15 is 0 Å². The third-order valence-corrected chi connectivity index (χ3v) is 5.17. The number of benzene rings is 1. The molecule has 122 valence electrons. The Morgan fingerprint density at radius 2 is 2.13 bits per heavy atom. The molecule has 6 heteroatoms. The largest absolute Gasteiger partial charge is 0.477 e. The molecule has 1 amide bonds. The van der Waals surface area contributed by atoms with Crippen LogP contribution in [0.5, 0.6) is 5.75 Å². The number of aromatic nitrogens is 1. The molecule has 1 fully saturated rings. The van der Waals surface area contributed by atoms with E-state index in [0.29, 0.717) is 16.3 Å². The maximum Gasteiger partial charge on any atom is 0.263 e. The van der Waals surface area contributed by atoms with Crippen LogP contribution in [0, 0.1) is 3.57 Å². The van der Waals surface area contributed by atoms with E-state index in [9.17, 15) is 4.79 Å². The topological polar surface area (TPSA) is 42.4 Å². The zero-order valence-corrected chi connectivity index (χ0v) is 15.8. The summed E-state index contributed by atoms with van der Waals surface area (Å²) >= 11 is 8.45. The van der Waals surface area contributed by atoms with Gasteiger partial charge in [0.25, 0.3) is 5.91 Å². The molecule has 0 spiro atoms. The van der Waals surface area contributed by atoms with Crippen LogP contribution in [0.3, 0.4) is 0 Å². The first-order chi connectivity index (χ1) is 11.1. The van der Waals surface area contributed by atoms with Gasteiger partial charge in [-0.15, -0.1) is 0 Å². The average molecular weight is 445 g/mol. The molecule has 4 nitrogen and oxygen atoms in total. The number of likely N-dealkylation sites (tertiary alicyclic amines) is 1. The minimum Gasteiger partial charge on any atom is -0.477 e. The van der Waals surface area contributed by atoms with Crippen molar-refractivity contribution >= 4 is 51.0 Å². The lowest BCUT2D eigenvalue weighted by atomic mass is 10.1. The average Bonchev–Trinajstić information content (AvgIpc) is 2.58. The van der Waals surface area contributed by atoms with Crippen molar-refractivity contribution < 1.29 is 9.53 Å². The van der Waals surface area contributed by atoms with Gasteiger partial charge in [-0.3, -0.25) is 9.78 Å². The second kappa shape index (κ2) is 7.21.